The van der Waals surface area contributed by atoms with Gasteiger partial charge in [0.2, 0.25) is 10.0 Å². The second kappa shape index (κ2) is 5.03. The maximum absolute atomic E-state index is 12.4. The van der Waals surface area contributed by atoms with Crippen LogP contribution in [0.15, 0.2) is 27.6 Å². The Bertz CT molecular complexity index is 696. The summed E-state index contributed by atoms with van der Waals surface area (Å²) in [6, 6.07) is 3.94. The van der Waals surface area contributed by atoms with Crippen molar-refractivity contribution in [3.8, 4) is 0 Å². The highest BCUT2D eigenvalue weighted by atomic mass is 79.9. The summed E-state index contributed by atoms with van der Waals surface area (Å²) in [5, 5.41) is 11.0. The van der Waals surface area contributed by atoms with E-state index in [2.05, 4.69) is 20.7 Å². The van der Waals surface area contributed by atoms with Crippen molar-refractivity contribution in [3.63, 3.8) is 0 Å². The zero-order valence-corrected chi connectivity index (χ0v) is 13.6. The van der Waals surface area contributed by atoms with Gasteiger partial charge in [-0.25, -0.2) is 13.1 Å². The highest BCUT2D eigenvalue weighted by Crippen LogP contribution is 2.60. The van der Waals surface area contributed by atoms with Crippen LogP contribution in [0.1, 0.15) is 25.7 Å². The summed E-state index contributed by atoms with van der Waals surface area (Å²) >= 11 is 3.16. The fourth-order valence-corrected chi connectivity index (χ4v) is 4.60. The number of benzene rings is 1. The Morgan fingerprint density at radius 1 is 1.38 bits per heavy atom. The van der Waals surface area contributed by atoms with Crippen LogP contribution in [0.25, 0.3) is 0 Å². The SMILES string of the molecule is O=[N+]([O-])c1ccc(Br)cc1S(=O)(=O)NCC1(C2CC2)CC1. The molecule has 21 heavy (non-hydrogen) atoms. The zero-order chi connectivity index (χ0) is 15.3. The molecule has 0 aliphatic heterocycles. The minimum atomic E-state index is -3.88. The molecule has 114 valence electrons. The molecule has 0 radical (unpaired) electrons. The van der Waals surface area contributed by atoms with Crippen molar-refractivity contribution in [1.29, 1.82) is 0 Å². The van der Waals surface area contributed by atoms with Crippen molar-refractivity contribution in [2.45, 2.75) is 30.6 Å². The van der Waals surface area contributed by atoms with Crippen LogP contribution in [0.5, 0.6) is 0 Å². The number of hydrogen-bond donors (Lipinski definition) is 1. The van der Waals surface area contributed by atoms with Crippen LogP contribution in [0.3, 0.4) is 0 Å². The Hall–Kier alpha value is -0.990. The molecule has 0 aromatic heterocycles. The number of nitrogens with zero attached hydrogens (tertiary/aromatic N) is 1. The lowest BCUT2D eigenvalue weighted by molar-refractivity contribution is -0.387. The minimum absolute atomic E-state index is 0.105. The van der Waals surface area contributed by atoms with Crippen molar-refractivity contribution in [1.82, 2.24) is 4.72 Å². The van der Waals surface area contributed by atoms with Gasteiger partial charge in [0, 0.05) is 17.1 Å². The predicted molar refractivity (Wildman–Crippen MR) is 80.4 cm³/mol. The van der Waals surface area contributed by atoms with E-state index < -0.39 is 20.6 Å². The molecule has 0 heterocycles. The summed E-state index contributed by atoms with van der Waals surface area (Å²) in [6.07, 6.45) is 4.42. The predicted octanol–water partition coefficient (Wildman–Crippen LogP) is 2.83. The molecular formula is C13H15BrN2O4S. The van der Waals surface area contributed by atoms with E-state index in [0.717, 1.165) is 12.8 Å². The van der Waals surface area contributed by atoms with Gasteiger partial charge < -0.3 is 0 Å². The minimum Gasteiger partial charge on any atom is -0.258 e. The maximum atomic E-state index is 12.4. The third-order valence-corrected chi connectivity index (χ3v) is 6.28. The van der Waals surface area contributed by atoms with Crippen LogP contribution >= 0.6 is 15.9 Å². The molecule has 2 saturated carbocycles. The lowest BCUT2D eigenvalue weighted by Crippen LogP contribution is -2.31. The second-order valence-electron chi connectivity index (χ2n) is 5.83. The maximum Gasteiger partial charge on any atom is 0.289 e. The van der Waals surface area contributed by atoms with E-state index >= 15 is 0 Å². The van der Waals surface area contributed by atoms with Crippen LogP contribution < -0.4 is 4.72 Å². The van der Waals surface area contributed by atoms with Gasteiger partial charge in [0.15, 0.2) is 4.90 Å². The lowest BCUT2D eigenvalue weighted by Gasteiger charge is -2.15. The number of nitro groups is 1. The molecule has 2 aliphatic rings. The van der Waals surface area contributed by atoms with Gasteiger partial charge in [0.1, 0.15) is 0 Å². The molecule has 8 heteroatoms. The van der Waals surface area contributed by atoms with Crippen molar-refractivity contribution >= 4 is 31.6 Å². The summed E-state index contributed by atoms with van der Waals surface area (Å²) in [7, 11) is -3.88. The summed E-state index contributed by atoms with van der Waals surface area (Å²) < 4.78 is 27.8. The van der Waals surface area contributed by atoms with Gasteiger partial charge in [-0.3, -0.25) is 10.1 Å². The Kier molecular flexibility index (Phi) is 3.58. The fourth-order valence-electron chi connectivity index (χ4n) is 2.76. The normalized spacial score (nSPS) is 20.2. The van der Waals surface area contributed by atoms with Crippen LogP contribution in [-0.2, 0) is 10.0 Å². The van der Waals surface area contributed by atoms with Crippen molar-refractivity contribution in [2.75, 3.05) is 6.54 Å². The fraction of sp³-hybridized carbons (Fsp3) is 0.538. The van der Waals surface area contributed by atoms with Gasteiger partial charge >= 0.3 is 0 Å². The highest BCUT2D eigenvalue weighted by Gasteiger charge is 2.53. The first kappa shape index (κ1) is 14.9. The standard InChI is InChI=1S/C13H15BrN2O4S/c14-10-3-4-11(16(17)18)12(7-10)21(19,20)15-8-13(5-6-13)9-1-2-9/h3-4,7,9,15H,1-2,5-6,8H2. The Morgan fingerprint density at radius 2 is 2.05 bits per heavy atom. The summed E-state index contributed by atoms with van der Waals surface area (Å²) in [6.45, 7) is 0.379. The molecule has 6 nitrogen and oxygen atoms in total. The van der Waals surface area contributed by atoms with Gasteiger partial charge in [0.05, 0.1) is 4.92 Å². The first-order valence-corrected chi connectivity index (χ1v) is 9.05. The molecule has 1 aromatic carbocycles. The van der Waals surface area contributed by atoms with Crippen LogP contribution in [-0.4, -0.2) is 19.9 Å². The number of nitrogens with one attached hydrogen (secondary N) is 1. The van der Waals surface area contributed by atoms with Gasteiger partial charge in [0.25, 0.3) is 5.69 Å². The molecule has 3 rings (SSSR count). The monoisotopic (exact) mass is 374 g/mol. The van der Waals surface area contributed by atoms with E-state index in [0.29, 0.717) is 16.9 Å². The lowest BCUT2D eigenvalue weighted by atomic mass is 10.0. The van der Waals surface area contributed by atoms with E-state index in [9.17, 15) is 18.5 Å². The molecule has 2 aliphatic carbocycles. The van der Waals surface area contributed by atoms with E-state index in [4.69, 9.17) is 0 Å². The first-order valence-electron chi connectivity index (χ1n) is 6.78. The summed E-state index contributed by atoms with van der Waals surface area (Å²) in [4.78, 5) is 10.1. The Morgan fingerprint density at radius 3 is 2.57 bits per heavy atom. The molecule has 1 aromatic rings. The molecule has 2 fully saturated rings. The van der Waals surface area contributed by atoms with E-state index in [1.54, 1.807) is 0 Å². The molecular weight excluding hydrogens is 360 g/mol. The van der Waals surface area contributed by atoms with E-state index in [-0.39, 0.29) is 10.3 Å². The molecule has 0 amide bonds. The Balaban J connectivity index is 1.84. The largest absolute Gasteiger partial charge is 0.289 e. The summed E-state index contributed by atoms with van der Waals surface area (Å²) in [5.74, 6) is 0.623. The van der Waals surface area contributed by atoms with E-state index in [1.165, 1.54) is 31.0 Å². The summed E-state index contributed by atoms with van der Waals surface area (Å²) in [5.41, 5.74) is -0.296. The van der Waals surface area contributed by atoms with Crippen molar-refractivity contribution in [3.05, 3.63) is 32.8 Å². The van der Waals surface area contributed by atoms with Crippen molar-refractivity contribution in [2.24, 2.45) is 11.3 Å². The molecule has 0 saturated heterocycles. The molecule has 0 unspecified atom stereocenters. The number of halogens is 1. The first-order chi connectivity index (χ1) is 9.84. The number of hydrogen-bond acceptors (Lipinski definition) is 4. The smallest absolute Gasteiger partial charge is 0.258 e. The molecule has 1 N–H and O–H groups in total. The molecule has 0 spiro atoms. The zero-order valence-electron chi connectivity index (χ0n) is 11.2. The third-order valence-electron chi connectivity index (χ3n) is 4.36. The van der Waals surface area contributed by atoms with Gasteiger partial charge in [-0.1, -0.05) is 15.9 Å². The second-order valence-corrected chi connectivity index (χ2v) is 8.48. The van der Waals surface area contributed by atoms with Crippen LogP contribution in [0, 0.1) is 21.4 Å². The van der Waals surface area contributed by atoms with Crippen LogP contribution in [0.4, 0.5) is 5.69 Å². The number of sulfonamides is 1. The van der Waals surface area contributed by atoms with Gasteiger partial charge in [-0.05, 0) is 49.1 Å². The average molecular weight is 375 g/mol. The topological polar surface area (TPSA) is 89.3 Å². The Labute approximate surface area is 131 Å². The van der Waals surface area contributed by atoms with Crippen molar-refractivity contribution < 1.29 is 13.3 Å². The number of nitro benzene ring substituents is 1. The van der Waals surface area contributed by atoms with Crippen LogP contribution in [0.2, 0.25) is 0 Å². The highest BCUT2D eigenvalue weighted by molar-refractivity contribution is 9.10. The third kappa shape index (κ3) is 2.97. The van der Waals surface area contributed by atoms with E-state index in [1.807, 2.05) is 0 Å². The quantitative estimate of drug-likeness (QED) is 0.612. The van der Waals surface area contributed by atoms with Gasteiger partial charge in [-0.15, -0.1) is 0 Å². The molecule has 0 atom stereocenters. The average Bonchev–Trinajstić information content (AvgIpc) is 3.27. The van der Waals surface area contributed by atoms with Gasteiger partial charge in [-0.2, -0.15) is 0 Å². The number of rotatable bonds is 6. The molecule has 0 bridgehead atoms.